The second-order valence-corrected chi connectivity index (χ2v) is 6.42. The van der Waals surface area contributed by atoms with Gasteiger partial charge in [-0.1, -0.05) is 18.2 Å². The summed E-state index contributed by atoms with van der Waals surface area (Å²) < 4.78 is 0. The molecular formula is C19H22N4O3. The second kappa shape index (κ2) is 7.86. The predicted molar refractivity (Wildman–Crippen MR) is 102 cm³/mol. The van der Waals surface area contributed by atoms with Crippen molar-refractivity contribution < 1.29 is 9.72 Å². The number of nitro groups is 1. The minimum atomic E-state index is -0.454. The number of anilines is 2. The Morgan fingerprint density at radius 2 is 1.96 bits per heavy atom. The van der Waals surface area contributed by atoms with Crippen LogP contribution in [0.5, 0.6) is 0 Å². The fraction of sp³-hybridized carbons (Fsp3) is 0.316. The number of carbonyl (C=O) groups excluding carboxylic acids is 1. The quantitative estimate of drug-likeness (QED) is 0.562. The molecule has 1 aliphatic rings. The number of nitro benzene ring substituents is 1. The highest BCUT2D eigenvalue weighted by molar-refractivity contribution is 5.95. The van der Waals surface area contributed by atoms with Gasteiger partial charge < -0.3 is 15.5 Å². The Labute approximate surface area is 152 Å². The van der Waals surface area contributed by atoms with Crippen molar-refractivity contribution >= 4 is 23.0 Å². The summed E-state index contributed by atoms with van der Waals surface area (Å²) in [6.07, 6.45) is 2.04. The highest BCUT2D eigenvalue weighted by atomic mass is 16.6. The van der Waals surface area contributed by atoms with Crippen molar-refractivity contribution in [3.63, 3.8) is 0 Å². The highest BCUT2D eigenvalue weighted by Gasteiger charge is 2.25. The molecule has 0 aliphatic heterocycles. The van der Waals surface area contributed by atoms with Gasteiger partial charge in [-0.25, -0.2) is 0 Å². The van der Waals surface area contributed by atoms with Crippen LogP contribution in [0.25, 0.3) is 0 Å². The van der Waals surface area contributed by atoms with Gasteiger partial charge in [0.1, 0.15) is 5.69 Å². The molecule has 2 aromatic carbocycles. The van der Waals surface area contributed by atoms with E-state index in [1.54, 1.807) is 12.1 Å². The van der Waals surface area contributed by atoms with Gasteiger partial charge in [0.05, 0.1) is 4.92 Å². The van der Waals surface area contributed by atoms with Crippen LogP contribution in [0.3, 0.4) is 0 Å². The first-order valence-electron chi connectivity index (χ1n) is 8.64. The first kappa shape index (κ1) is 17.7. The fourth-order valence-electron chi connectivity index (χ4n) is 2.64. The van der Waals surface area contributed by atoms with Gasteiger partial charge in [0.25, 0.3) is 11.6 Å². The topological polar surface area (TPSA) is 87.5 Å². The van der Waals surface area contributed by atoms with Gasteiger partial charge >= 0.3 is 0 Å². The monoisotopic (exact) mass is 354 g/mol. The van der Waals surface area contributed by atoms with Gasteiger partial charge in [-0.05, 0) is 37.1 Å². The standard InChI is InChI=1S/C19H22N4O3/c1-22(16-5-3-2-4-6-16)12-11-20-19(24)14-7-10-17(21-15-8-9-15)18(13-14)23(25)26/h2-7,10,13,15,21H,8-9,11-12H2,1H3,(H,20,24). The molecule has 0 atom stereocenters. The van der Waals surface area contributed by atoms with Crippen LogP contribution in [-0.4, -0.2) is 37.0 Å². The van der Waals surface area contributed by atoms with Crippen molar-refractivity contribution in [1.82, 2.24) is 5.32 Å². The van der Waals surface area contributed by atoms with Crippen molar-refractivity contribution in [3.05, 3.63) is 64.2 Å². The lowest BCUT2D eigenvalue weighted by molar-refractivity contribution is -0.384. The third-order valence-electron chi connectivity index (χ3n) is 4.32. The number of carbonyl (C=O) groups is 1. The van der Waals surface area contributed by atoms with Crippen LogP contribution >= 0.6 is 0 Å². The maximum atomic E-state index is 12.3. The Morgan fingerprint density at radius 1 is 1.23 bits per heavy atom. The van der Waals surface area contributed by atoms with E-state index in [9.17, 15) is 14.9 Å². The summed E-state index contributed by atoms with van der Waals surface area (Å²) in [6.45, 7) is 1.08. The molecule has 0 unspecified atom stereocenters. The van der Waals surface area contributed by atoms with E-state index in [4.69, 9.17) is 0 Å². The molecule has 0 heterocycles. The van der Waals surface area contributed by atoms with E-state index in [0.717, 1.165) is 18.5 Å². The summed E-state index contributed by atoms with van der Waals surface area (Å²) >= 11 is 0. The molecule has 7 heteroatoms. The van der Waals surface area contributed by atoms with Gasteiger partial charge in [-0.2, -0.15) is 0 Å². The number of amides is 1. The number of likely N-dealkylation sites (N-methyl/N-ethyl adjacent to an activating group) is 1. The van der Waals surface area contributed by atoms with Gasteiger partial charge in [0, 0.05) is 43.5 Å². The predicted octanol–water partition coefficient (Wildman–Crippen LogP) is 3.04. The minimum absolute atomic E-state index is 0.0639. The van der Waals surface area contributed by atoms with Crippen molar-refractivity contribution in [2.24, 2.45) is 0 Å². The number of benzene rings is 2. The lowest BCUT2D eigenvalue weighted by Crippen LogP contribution is -2.33. The summed E-state index contributed by atoms with van der Waals surface area (Å²) in [7, 11) is 1.95. The van der Waals surface area contributed by atoms with E-state index < -0.39 is 4.92 Å². The van der Waals surface area contributed by atoms with Crippen LogP contribution in [0.1, 0.15) is 23.2 Å². The number of hydrogen-bond acceptors (Lipinski definition) is 5. The molecule has 136 valence electrons. The van der Waals surface area contributed by atoms with Gasteiger partial charge in [0.2, 0.25) is 0 Å². The molecule has 1 aliphatic carbocycles. The van der Waals surface area contributed by atoms with Crippen molar-refractivity contribution in [2.45, 2.75) is 18.9 Å². The molecule has 0 bridgehead atoms. The molecule has 0 spiro atoms. The highest BCUT2D eigenvalue weighted by Crippen LogP contribution is 2.31. The normalized spacial score (nSPS) is 13.1. The lowest BCUT2D eigenvalue weighted by atomic mass is 10.1. The van der Waals surface area contributed by atoms with E-state index >= 15 is 0 Å². The van der Waals surface area contributed by atoms with Gasteiger partial charge in [-0.15, -0.1) is 0 Å². The Balaban J connectivity index is 1.58. The van der Waals surface area contributed by atoms with E-state index in [0.29, 0.717) is 30.4 Å². The minimum Gasteiger partial charge on any atom is -0.377 e. The second-order valence-electron chi connectivity index (χ2n) is 6.42. The third-order valence-corrected chi connectivity index (χ3v) is 4.32. The third kappa shape index (κ3) is 4.50. The summed E-state index contributed by atoms with van der Waals surface area (Å²) in [5.74, 6) is -0.312. The molecular weight excluding hydrogens is 332 g/mol. The Bertz CT molecular complexity index is 791. The number of nitrogens with one attached hydrogen (secondary N) is 2. The fourth-order valence-corrected chi connectivity index (χ4v) is 2.64. The maximum absolute atomic E-state index is 12.3. The van der Waals surface area contributed by atoms with Crippen LogP contribution in [0.4, 0.5) is 17.1 Å². The number of nitrogens with zero attached hydrogens (tertiary/aromatic N) is 2. The van der Waals surface area contributed by atoms with Crippen LogP contribution in [0.2, 0.25) is 0 Å². The maximum Gasteiger partial charge on any atom is 0.293 e. The zero-order valence-corrected chi connectivity index (χ0v) is 14.6. The van der Waals surface area contributed by atoms with E-state index in [1.807, 2.05) is 42.3 Å². The van der Waals surface area contributed by atoms with Crippen LogP contribution in [0.15, 0.2) is 48.5 Å². The summed E-state index contributed by atoms with van der Waals surface area (Å²) in [4.78, 5) is 25.2. The first-order valence-corrected chi connectivity index (χ1v) is 8.64. The number of para-hydroxylation sites is 1. The van der Waals surface area contributed by atoms with Crippen molar-refractivity contribution in [1.29, 1.82) is 0 Å². The molecule has 1 fully saturated rings. The molecule has 26 heavy (non-hydrogen) atoms. The zero-order chi connectivity index (χ0) is 18.5. The molecule has 7 nitrogen and oxygen atoms in total. The molecule has 0 saturated heterocycles. The van der Waals surface area contributed by atoms with E-state index in [2.05, 4.69) is 10.6 Å². The molecule has 0 aromatic heterocycles. The van der Waals surface area contributed by atoms with Crippen LogP contribution in [0, 0.1) is 10.1 Å². The average molecular weight is 354 g/mol. The van der Waals surface area contributed by atoms with Crippen LogP contribution < -0.4 is 15.5 Å². The molecule has 2 aromatic rings. The summed E-state index contributed by atoms with van der Waals surface area (Å²) in [5, 5.41) is 17.2. The molecule has 1 saturated carbocycles. The van der Waals surface area contributed by atoms with E-state index in [1.165, 1.54) is 6.07 Å². The Hall–Kier alpha value is -3.09. The molecule has 0 radical (unpaired) electrons. The van der Waals surface area contributed by atoms with Crippen molar-refractivity contribution in [2.75, 3.05) is 30.4 Å². The van der Waals surface area contributed by atoms with Crippen molar-refractivity contribution in [3.8, 4) is 0 Å². The lowest BCUT2D eigenvalue weighted by Gasteiger charge is -2.19. The summed E-state index contributed by atoms with van der Waals surface area (Å²) in [5.41, 5.74) is 1.76. The Morgan fingerprint density at radius 3 is 2.62 bits per heavy atom. The largest absolute Gasteiger partial charge is 0.377 e. The molecule has 1 amide bonds. The van der Waals surface area contributed by atoms with E-state index in [-0.39, 0.29) is 11.6 Å². The van der Waals surface area contributed by atoms with Crippen LogP contribution in [-0.2, 0) is 0 Å². The molecule has 3 rings (SSSR count). The Kier molecular flexibility index (Phi) is 5.36. The zero-order valence-electron chi connectivity index (χ0n) is 14.6. The summed E-state index contributed by atoms with van der Waals surface area (Å²) in [6, 6.07) is 14.7. The SMILES string of the molecule is CN(CCNC(=O)c1ccc(NC2CC2)c([N+](=O)[O-])c1)c1ccccc1. The molecule has 2 N–H and O–H groups in total. The number of hydrogen-bond donors (Lipinski definition) is 2. The first-order chi connectivity index (χ1) is 12.5. The smallest absolute Gasteiger partial charge is 0.293 e. The number of rotatable bonds is 8. The van der Waals surface area contributed by atoms with Gasteiger partial charge in [0.15, 0.2) is 0 Å². The van der Waals surface area contributed by atoms with Gasteiger partial charge in [-0.3, -0.25) is 14.9 Å². The average Bonchev–Trinajstić information content (AvgIpc) is 3.46.